The minimum atomic E-state index is -0.0687. The Morgan fingerprint density at radius 3 is 2.67 bits per heavy atom. The van der Waals surface area contributed by atoms with Gasteiger partial charge in [0.25, 0.3) is 0 Å². The number of nitrogens with zero attached hydrogens (tertiary/aromatic N) is 3. The molecule has 82 valence electrons. The lowest BCUT2D eigenvalue weighted by Gasteiger charge is -2.11. The normalized spacial score (nSPS) is 9.87. The Labute approximate surface area is 97.4 Å². The maximum absolute atomic E-state index is 11.2. The minimum Gasteiger partial charge on any atom is -0.361 e. The minimum absolute atomic E-state index is 0.0438. The summed E-state index contributed by atoms with van der Waals surface area (Å²) in [6.45, 7) is 0.136. The quantitative estimate of drug-likeness (QED) is 0.647. The number of aromatic nitrogens is 2. The van der Waals surface area contributed by atoms with Crippen LogP contribution in [-0.4, -0.2) is 41.4 Å². The summed E-state index contributed by atoms with van der Waals surface area (Å²) in [7, 11) is 3.34. The monoisotopic (exact) mass is 248 g/mol. The summed E-state index contributed by atoms with van der Waals surface area (Å²) in [5.74, 6) is 0.357. The molecule has 0 spiro atoms. The van der Waals surface area contributed by atoms with Crippen molar-refractivity contribution in [2.45, 2.75) is 0 Å². The van der Waals surface area contributed by atoms with Gasteiger partial charge in [-0.1, -0.05) is 11.6 Å². The van der Waals surface area contributed by atoms with Crippen molar-refractivity contribution in [3.05, 3.63) is 16.5 Å². The standard InChI is InChI=1S/C8H10Cl2N4O/c1-14(2)7(15)4-11-6-3-5(9)12-8(10)13-6/h3H,4H2,1-2H3,(H,11,12,13). The van der Waals surface area contributed by atoms with Gasteiger partial charge < -0.3 is 10.2 Å². The largest absolute Gasteiger partial charge is 0.361 e. The predicted molar refractivity (Wildman–Crippen MR) is 59.2 cm³/mol. The second-order valence-corrected chi connectivity index (χ2v) is 3.71. The Morgan fingerprint density at radius 2 is 2.13 bits per heavy atom. The summed E-state index contributed by atoms with van der Waals surface area (Å²) in [5.41, 5.74) is 0. The third-order valence-electron chi connectivity index (χ3n) is 1.59. The molecule has 1 amide bonds. The van der Waals surface area contributed by atoms with Gasteiger partial charge in [-0.2, -0.15) is 0 Å². The molecule has 1 N–H and O–H groups in total. The number of rotatable bonds is 3. The first-order valence-corrected chi connectivity index (χ1v) is 4.88. The Kier molecular flexibility index (Phi) is 4.11. The van der Waals surface area contributed by atoms with Gasteiger partial charge in [-0.25, -0.2) is 9.97 Å². The van der Waals surface area contributed by atoms with Gasteiger partial charge in [0.2, 0.25) is 11.2 Å². The van der Waals surface area contributed by atoms with Gasteiger partial charge in [0.1, 0.15) is 11.0 Å². The number of hydrogen-bond acceptors (Lipinski definition) is 4. The molecule has 0 radical (unpaired) electrons. The van der Waals surface area contributed by atoms with Gasteiger partial charge in [0.05, 0.1) is 6.54 Å². The Morgan fingerprint density at radius 1 is 1.47 bits per heavy atom. The Balaban J connectivity index is 2.61. The number of carbonyl (C=O) groups excluding carboxylic acids is 1. The summed E-state index contributed by atoms with van der Waals surface area (Å²) in [5, 5.41) is 3.07. The molecule has 1 heterocycles. The number of halogens is 2. The highest BCUT2D eigenvalue weighted by Crippen LogP contribution is 2.13. The average molecular weight is 249 g/mol. The zero-order chi connectivity index (χ0) is 11.4. The molecule has 1 rings (SSSR count). The topological polar surface area (TPSA) is 58.1 Å². The lowest BCUT2D eigenvalue weighted by molar-refractivity contribution is -0.126. The highest BCUT2D eigenvalue weighted by molar-refractivity contribution is 6.32. The van der Waals surface area contributed by atoms with Crippen LogP contribution < -0.4 is 5.32 Å². The number of anilines is 1. The van der Waals surface area contributed by atoms with E-state index in [0.717, 1.165) is 0 Å². The summed E-state index contributed by atoms with van der Waals surface area (Å²) >= 11 is 11.2. The first-order chi connectivity index (χ1) is 6.99. The molecule has 15 heavy (non-hydrogen) atoms. The first-order valence-electron chi connectivity index (χ1n) is 4.13. The molecule has 0 unspecified atom stereocenters. The van der Waals surface area contributed by atoms with Crippen LogP contribution in [0.25, 0.3) is 0 Å². The van der Waals surface area contributed by atoms with Gasteiger partial charge in [0.15, 0.2) is 0 Å². The zero-order valence-electron chi connectivity index (χ0n) is 8.29. The van der Waals surface area contributed by atoms with Crippen LogP contribution >= 0.6 is 23.2 Å². The van der Waals surface area contributed by atoms with Gasteiger partial charge in [-0.15, -0.1) is 0 Å². The van der Waals surface area contributed by atoms with Crippen molar-refractivity contribution in [3.63, 3.8) is 0 Å². The molecular weight excluding hydrogens is 239 g/mol. The number of hydrogen-bond donors (Lipinski definition) is 1. The third kappa shape index (κ3) is 3.89. The number of carbonyl (C=O) groups is 1. The van der Waals surface area contributed by atoms with E-state index >= 15 is 0 Å². The van der Waals surface area contributed by atoms with E-state index in [1.807, 2.05) is 0 Å². The molecule has 0 aromatic carbocycles. The van der Waals surface area contributed by atoms with E-state index in [-0.39, 0.29) is 22.9 Å². The molecule has 5 nitrogen and oxygen atoms in total. The van der Waals surface area contributed by atoms with Crippen molar-refractivity contribution in [3.8, 4) is 0 Å². The maximum atomic E-state index is 11.2. The van der Waals surface area contributed by atoms with E-state index < -0.39 is 0 Å². The second kappa shape index (κ2) is 5.14. The highest BCUT2D eigenvalue weighted by Gasteiger charge is 2.05. The van der Waals surface area contributed by atoms with Crippen molar-refractivity contribution >= 4 is 34.9 Å². The summed E-state index contributed by atoms with van der Waals surface area (Å²) < 4.78 is 0. The maximum Gasteiger partial charge on any atom is 0.241 e. The second-order valence-electron chi connectivity index (χ2n) is 2.99. The SMILES string of the molecule is CN(C)C(=O)CNc1cc(Cl)nc(Cl)n1. The van der Waals surface area contributed by atoms with Crippen LogP contribution in [-0.2, 0) is 4.79 Å². The van der Waals surface area contributed by atoms with Gasteiger partial charge in [-0.3, -0.25) is 4.79 Å². The fraction of sp³-hybridized carbons (Fsp3) is 0.375. The molecule has 0 aliphatic carbocycles. The number of likely N-dealkylation sites (N-methyl/N-ethyl adjacent to an activating group) is 1. The third-order valence-corrected chi connectivity index (χ3v) is 1.95. The van der Waals surface area contributed by atoms with E-state index in [1.165, 1.54) is 11.0 Å². The number of amides is 1. The average Bonchev–Trinajstić information content (AvgIpc) is 2.12. The lowest BCUT2D eigenvalue weighted by atomic mass is 10.5. The molecule has 1 aromatic heterocycles. The van der Waals surface area contributed by atoms with Crippen LogP contribution in [0.5, 0.6) is 0 Å². The Bertz CT molecular complexity index is 349. The fourth-order valence-electron chi connectivity index (χ4n) is 0.805. The van der Waals surface area contributed by atoms with E-state index in [1.54, 1.807) is 14.1 Å². The van der Waals surface area contributed by atoms with Crippen LogP contribution in [0.2, 0.25) is 10.4 Å². The lowest BCUT2D eigenvalue weighted by Crippen LogP contribution is -2.28. The van der Waals surface area contributed by atoms with Crippen LogP contribution in [0.15, 0.2) is 6.07 Å². The molecule has 0 bridgehead atoms. The van der Waals surface area contributed by atoms with E-state index in [2.05, 4.69) is 15.3 Å². The molecule has 0 atom stereocenters. The molecule has 1 aromatic rings. The van der Waals surface area contributed by atoms with Gasteiger partial charge in [0, 0.05) is 20.2 Å². The predicted octanol–water partition coefficient (Wildman–Crippen LogP) is 1.28. The van der Waals surface area contributed by atoms with Gasteiger partial charge >= 0.3 is 0 Å². The van der Waals surface area contributed by atoms with Crippen molar-refractivity contribution in [1.82, 2.24) is 14.9 Å². The van der Waals surface area contributed by atoms with E-state index in [9.17, 15) is 4.79 Å². The number of nitrogens with one attached hydrogen (secondary N) is 1. The molecule has 0 fully saturated rings. The van der Waals surface area contributed by atoms with Crippen LogP contribution in [0.4, 0.5) is 5.82 Å². The first kappa shape index (κ1) is 12.0. The highest BCUT2D eigenvalue weighted by atomic mass is 35.5. The smallest absolute Gasteiger partial charge is 0.241 e. The van der Waals surface area contributed by atoms with Crippen LogP contribution in [0, 0.1) is 0 Å². The molecule has 0 aliphatic heterocycles. The molecule has 0 saturated carbocycles. The fourth-order valence-corrected chi connectivity index (χ4v) is 1.21. The molecule has 0 aliphatic rings. The zero-order valence-corrected chi connectivity index (χ0v) is 9.80. The van der Waals surface area contributed by atoms with E-state index in [0.29, 0.717) is 5.82 Å². The summed E-state index contributed by atoms with van der Waals surface area (Å²) in [6, 6.07) is 1.50. The van der Waals surface area contributed by atoms with Gasteiger partial charge in [-0.05, 0) is 11.6 Å². The molecular formula is C8H10Cl2N4O. The summed E-state index contributed by atoms with van der Waals surface area (Å²) in [4.78, 5) is 20.2. The van der Waals surface area contributed by atoms with E-state index in [4.69, 9.17) is 23.2 Å². The van der Waals surface area contributed by atoms with Crippen LogP contribution in [0.1, 0.15) is 0 Å². The molecule has 0 saturated heterocycles. The van der Waals surface area contributed by atoms with Crippen molar-refractivity contribution < 1.29 is 4.79 Å². The summed E-state index contributed by atoms with van der Waals surface area (Å²) in [6.07, 6.45) is 0. The van der Waals surface area contributed by atoms with Crippen LogP contribution in [0.3, 0.4) is 0 Å². The van der Waals surface area contributed by atoms with Crippen molar-refractivity contribution in [2.24, 2.45) is 0 Å². The van der Waals surface area contributed by atoms with Crippen molar-refractivity contribution in [1.29, 1.82) is 0 Å². The van der Waals surface area contributed by atoms with Crippen molar-refractivity contribution in [2.75, 3.05) is 26.0 Å². The Hall–Kier alpha value is -1.07. The molecule has 7 heteroatoms.